The van der Waals surface area contributed by atoms with Gasteiger partial charge in [0.1, 0.15) is 17.5 Å². The molecule has 0 unspecified atom stereocenters. The summed E-state index contributed by atoms with van der Waals surface area (Å²) in [7, 11) is 1.70. The van der Waals surface area contributed by atoms with Crippen molar-refractivity contribution in [3.8, 4) is 5.75 Å². The van der Waals surface area contributed by atoms with Crippen LogP contribution in [0.15, 0.2) is 24.3 Å². The number of benzene rings is 1. The molecule has 2 aliphatic carbocycles. The minimum Gasteiger partial charge on any atom is -0.497 e. The number of nitrogens with zero attached hydrogens (tertiary/aromatic N) is 2. The third-order valence-corrected chi connectivity index (χ3v) is 9.76. The molecule has 5 fully saturated rings. The van der Waals surface area contributed by atoms with E-state index in [2.05, 4.69) is 42.7 Å². The summed E-state index contributed by atoms with van der Waals surface area (Å²) in [5.74, 6) is 1.64. The maximum atomic E-state index is 13.1. The second-order valence-electron chi connectivity index (χ2n) is 11.5. The third kappa shape index (κ3) is 3.16. The van der Waals surface area contributed by atoms with Crippen LogP contribution in [0.5, 0.6) is 5.75 Å². The zero-order valence-corrected chi connectivity index (χ0v) is 20.5. The second kappa shape index (κ2) is 7.61. The molecule has 0 aromatic heterocycles. The molecule has 6 heteroatoms. The van der Waals surface area contributed by atoms with Crippen molar-refractivity contribution in [2.75, 3.05) is 38.2 Å². The Morgan fingerprint density at radius 1 is 1.18 bits per heavy atom. The van der Waals surface area contributed by atoms with Crippen molar-refractivity contribution < 1.29 is 19.0 Å². The standard InChI is InChI=1S/C27H38N2O4/c1-17-6-5-11-26(3)14-22-23(24-27(17,26)33-24)21(25(30)32-22)16-28-12-13-29(18(2)15-28)19-7-9-20(31-4)10-8-19/h7-10,17-18,21-24H,5-6,11-16H2,1-4H3/t17-,18+,21-,22+,23+,24+,26+,27+/m0/s1. The minimum absolute atomic E-state index is 0.00999. The van der Waals surface area contributed by atoms with Crippen molar-refractivity contribution in [1.82, 2.24) is 4.90 Å². The van der Waals surface area contributed by atoms with E-state index in [1.54, 1.807) is 7.11 Å². The number of hydrogen-bond acceptors (Lipinski definition) is 6. The molecule has 0 N–H and O–H groups in total. The molecule has 2 saturated carbocycles. The van der Waals surface area contributed by atoms with Gasteiger partial charge in [-0.15, -0.1) is 0 Å². The van der Waals surface area contributed by atoms with Crippen LogP contribution >= 0.6 is 0 Å². The number of esters is 1. The molecule has 33 heavy (non-hydrogen) atoms. The SMILES string of the molecule is COc1ccc(N2CCN(C[C@@H]3C(=O)O[C@@H]4C[C@@]5(C)CCC[C@H](C)[C@]56O[C@@H]6[C@H]34)C[C@H]2C)cc1. The first kappa shape index (κ1) is 21.7. The predicted molar refractivity (Wildman–Crippen MR) is 126 cm³/mol. The van der Waals surface area contributed by atoms with E-state index in [0.29, 0.717) is 12.0 Å². The average molecular weight is 455 g/mol. The number of carbonyl (C=O) groups is 1. The van der Waals surface area contributed by atoms with Crippen LogP contribution in [-0.2, 0) is 14.3 Å². The Balaban J connectivity index is 1.14. The van der Waals surface area contributed by atoms with Gasteiger partial charge in [-0.25, -0.2) is 0 Å². The van der Waals surface area contributed by atoms with E-state index in [1.807, 2.05) is 12.1 Å². The summed E-state index contributed by atoms with van der Waals surface area (Å²) >= 11 is 0. The lowest BCUT2D eigenvalue weighted by Gasteiger charge is -2.49. The summed E-state index contributed by atoms with van der Waals surface area (Å²) in [6, 6.07) is 8.71. The van der Waals surface area contributed by atoms with Crippen LogP contribution in [-0.4, -0.2) is 68.0 Å². The molecule has 180 valence electrons. The highest BCUT2D eigenvalue weighted by molar-refractivity contribution is 5.76. The van der Waals surface area contributed by atoms with Gasteiger partial charge in [0.25, 0.3) is 0 Å². The van der Waals surface area contributed by atoms with Crippen LogP contribution in [0.3, 0.4) is 0 Å². The lowest BCUT2D eigenvalue weighted by Crippen LogP contribution is -2.56. The number of epoxide rings is 1. The summed E-state index contributed by atoms with van der Waals surface area (Å²) in [4.78, 5) is 18.0. The van der Waals surface area contributed by atoms with Gasteiger partial charge in [-0.1, -0.05) is 20.3 Å². The van der Waals surface area contributed by atoms with Crippen LogP contribution in [0.25, 0.3) is 0 Å². The molecule has 0 amide bonds. The van der Waals surface area contributed by atoms with Crippen molar-refractivity contribution >= 4 is 11.7 Å². The molecule has 0 radical (unpaired) electrons. The van der Waals surface area contributed by atoms with E-state index in [4.69, 9.17) is 14.2 Å². The van der Waals surface area contributed by atoms with Crippen LogP contribution in [0.4, 0.5) is 5.69 Å². The Morgan fingerprint density at radius 2 is 1.97 bits per heavy atom. The van der Waals surface area contributed by atoms with Crippen molar-refractivity contribution in [2.24, 2.45) is 23.2 Å². The molecule has 6 nitrogen and oxygen atoms in total. The summed E-state index contributed by atoms with van der Waals surface area (Å²) in [5.41, 5.74) is 1.37. The summed E-state index contributed by atoms with van der Waals surface area (Å²) < 4.78 is 18.0. The fourth-order valence-corrected chi connectivity index (χ4v) is 8.08. The van der Waals surface area contributed by atoms with Crippen LogP contribution in [0.2, 0.25) is 0 Å². The van der Waals surface area contributed by atoms with E-state index in [0.717, 1.165) is 38.3 Å². The van der Waals surface area contributed by atoms with Gasteiger partial charge in [-0.3, -0.25) is 9.69 Å². The number of anilines is 1. The average Bonchev–Trinajstić information content (AvgIpc) is 3.48. The summed E-state index contributed by atoms with van der Waals surface area (Å²) in [6.07, 6.45) is 4.92. The molecule has 0 bridgehead atoms. The van der Waals surface area contributed by atoms with E-state index in [9.17, 15) is 4.79 Å². The highest BCUT2D eigenvalue weighted by Gasteiger charge is 2.78. The van der Waals surface area contributed by atoms with Crippen LogP contribution in [0.1, 0.15) is 46.5 Å². The molecule has 6 rings (SSSR count). The number of ether oxygens (including phenoxy) is 3. The zero-order chi connectivity index (χ0) is 23.0. The van der Waals surface area contributed by atoms with Crippen molar-refractivity contribution in [1.29, 1.82) is 0 Å². The minimum atomic E-state index is -0.0576. The largest absolute Gasteiger partial charge is 0.497 e. The molecule has 1 aromatic carbocycles. The lowest BCUT2D eigenvalue weighted by molar-refractivity contribution is -0.146. The first-order chi connectivity index (χ1) is 15.9. The molecule has 8 atom stereocenters. The normalized spacial score (nSPS) is 44.5. The molecule has 1 spiro atoms. The smallest absolute Gasteiger partial charge is 0.311 e. The van der Waals surface area contributed by atoms with Crippen LogP contribution < -0.4 is 9.64 Å². The molecule has 5 aliphatic rings. The molecule has 3 saturated heterocycles. The van der Waals surface area contributed by atoms with E-state index >= 15 is 0 Å². The summed E-state index contributed by atoms with van der Waals surface area (Å²) in [5, 5.41) is 0. The van der Waals surface area contributed by atoms with Crippen molar-refractivity contribution in [2.45, 2.75) is 70.3 Å². The number of fused-ring (bicyclic) bond motifs is 2. The summed E-state index contributed by atoms with van der Waals surface area (Å²) in [6.45, 7) is 10.7. The zero-order valence-electron chi connectivity index (χ0n) is 20.5. The Morgan fingerprint density at radius 3 is 2.70 bits per heavy atom. The molecular formula is C27H38N2O4. The van der Waals surface area contributed by atoms with Gasteiger partial charge in [0.05, 0.1) is 19.1 Å². The molecule has 1 aromatic rings. The molecule has 3 heterocycles. The van der Waals surface area contributed by atoms with E-state index in [-0.39, 0.29) is 41.0 Å². The first-order valence-corrected chi connectivity index (χ1v) is 12.9. The van der Waals surface area contributed by atoms with Gasteiger partial charge in [0, 0.05) is 49.2 Å². The van der Waals surface area contributed by atoms with E-state index in [1.165, 1.54) is 24.9 Å². The van der Waals surface area contributed by atoms with Gasteiger partial charge in [0.2, 0.25) is 0 Å². The van der Waals surface area contributed by atoms with Gasteiger partial charge >= 0.3 is 5.97 Å². The maximum absolute atomic E-state index is 13.1. The highest BCUT2D eigenvalue weighted by atomic mass is 16.6. The second-order valence-corrected chi connectivity index (χ2v) is 11.5. The third-order valence-electron chi connectivity index (χ3n) is 9.76. The Labute approximate surface area is 197 Å². The van der Waals surface area contributed by atoms with Gasteiger partial charge in [-0.2, -0.15) is 0 Å². The Kier molecular flexibility index (Phi) is 5.01. The van der Waals surface area contributed by atoms with E-state index < -0.39 is 0 Å². The molecular weight excluding hydrogens is 416 g/mol. The fourth-order valence-electron chi connectivity index (χ4n) is 8.08. The quantitative estimate of drug-likeness (QED) is 0.510. The van der Waals surface area contributed by atoms with Gasteiger partial charge in [0.15, 0.2) is 0 Å². The van der Waals surface area contributed by atoms with Gasteiger partial charge in [-0.05, 0) is 56.4 Å². The monoisotopic (exact) mass is 454 g/mol. The number of piperazine rings is 1. The van der Waals surface area contributed by atoms with Crippen LogP contribution in [0, 0.1) is 23.2 Å². The Hall–Kier alpha value is -1.79. The molecule has 3 aliphatic heterocycles. The number of rotatable bonds is 4. The van der Waals surface area contributed by atoms with Crippen molar-refractivity contribution in [3.05, 3.63) is 24.3 Å². The van der Waals surface area contributed by atoms with Crippen molar-refractivity contribution in [3.63, 3.8) is 0 Å². The lowest BCUT2D eigenvalue weighted by atomic mass is 9.53. The predicted octanol–water partition coefficient (Wildman–Crippen LogP) is 3.73. The highest BCUT2D eigenvalue weighted by Crippen LogP contribution is 2.70. The maximum Gasteiger partial charge on any atom is 0.311 e. The fraction of sp³-hybridized carbons (Fsp3) is 0.741. The topological polar surface area (TPSA) is 54.5 Å². The Bertz CT molecular complexity index is 921. The number of methoxy groups -OCH3 is 1. The first-order valence-electron chi connectivity index (χ1n) is 12.9. The number of hydrogen-bond donors (Lipinski definition) is 0. The van der Waals surface area contributed by atoms with Gasteiger partial charge < -0.3 is 19.1 Å². The number of carbonyl (C=O) groups excluding carboxylic acids is 1.